The van der Waals surface area contributed by atoms with Crippen LogP contribution in [-0.4, -0.2) is 12.7 Å². The van der Waals surface area contributed by atoms with Gasteiger partial charge in [-0.25, -0.2) is 0 Å². The van der Waals surface area contributed by atoms with Gasteiger partial charge >= 0.3 is 0 Å². The van der Waals surface area contributed by atoms with E-state index in [1.54, 1.807) is 0 Å². The highest BCUT2D eigenvalue weighted by molar-refractivity contribution is 5.30. The second-order valence-corrected chi connectivity index (χ2v) is 7.35. The fourth-order valence-corrected chi connectivity index (χ4v) is 4.85. The maximum Gasteiger partial charge on any atom is 0.0606 e. The highest BCUT2D eigenvalue weighted by atomic mass is 16.5. The predicted molar refractivity (Wildman–Crippen MR) is 80.1 cm³/mol. The summed E-state index contributed by atoms with van der Waals surface area (Å²) in [5.74, 6) is 2.66. The van der Waals surface area contributed by atoms with Crippen LogP contribution in [0.5, 0.6) is 0 Å². The Morgan fingerprint density at radius 3 is 2.63 bits per heavy atom. The third-order valence-corrected chi connectivity index (χ3v) is 6.28. The molecule has 4 atom stereocenters. The Labute approximate surface area is 118 Å². The van der Waals surface area contributed by atoms with Crippen LogP contribution in [0.4, 0.5) is 0 Å². The van der Waals surface area contributed by atoms with Gasteiger partial charge in [-0.2, -0.15) is 0 Å². The largest absolute Gasteiger partial charge is 0.378 e. The molecule has 0 amide bonds. The quantitative estimate of drug-likeness (QED) is 0.589. The van der Waals surface area contributed by atoms with Crippen LogP contribution in [-0.2, 0) is 4.74 Å². The van der Waals surface area contributed by atoms with Crippen molar-refractivity contribution in [3.63, 3.8) is 0 Å². The first-order valence-electron chi connectivity index (χ1n) is 8.50. The lowest BCUT2D eigenvalue weighted by molar-refractivity contribution is -0.0987. The normalized spacial score (nSPS) is 38.6. The predicted octanol–water partition coefficient (Wildman–Crippen LogP) is 4.96. The van der Waals surface area contributed by atoms with Crippen molar-refractivity contribution >= 4 is 0 Å². The van der Waals surface area contributed by atoms with Crippen molar-refractivity contribution in [1.29, 1.82) is 0 Å². The molecule has 5 aliphatic rings. The summed E-state index contributed by atoms with van der Waals surface area (Å²) in [6.45, 7) is 7.92. The summed E-state index contributed by atoms with van der Waals surface area (Å²) in [6.07, 6.45) is 12.5. The van der Waals surface area contributed by atoms with E-state index in [-0.39, 0.29) is 0 Å². The Morgan fingerprint density at radius 1 is 1.32 bits per heavy atom. The molecular formula is C18H30O. The average Bonchev–Trinajstić information content (AvgIpc) is 2.43. The molecular weight excluding hydrogens is 232 g/mol. The first-order valence-corrected chi connectivity index (χ1v) is 8.50. The van der Waals surface area contributed by atoms with Crippen molar-refractivity contribution in [2.75, 3.05) is 6.61 Å². The van der Waals surface area contributed by atoms with Crippen LogP contribution in [0.1, 0.15) is 65.7 Å². The van der Waals surface area contributed by atoms with Gasteiger partial charge in [0.05, 0.1) is 6.10 Å². The monoisotopic (exact) mass is 262 g/mol. The van der Waals surface area contributed by atoms with Gasteiger partial charge in [-0.3, -0.25) is 0 Å². The number of hydrogen-bond acceptors (Lipinski definition) is 1. The summed E-state index contributed by atoms with van der Waals surface area (Å²) in [5.41, 5.74) is 2.31. The average molecular weight is 262 g/mol. The summed E-state index contributed by atoms with van der Waals surface area (Å²) in [6, 6.07) is 0. The minimum Gasteiger partial charge on any atom is -0.378 e. The fraction of sp³-hybridized carbons (Fsp3) is 0.889. The van der Waals surface area contributed by atoms with Crippen LogP contribution in [0, 0.1) is 23.2 Å². The molecule has 1 nitrogen and oxygen atoms in total. The Hall–Kier alpha value is -0.300. The molecule has 0 aromatic carbocycles. The maximum absolute atomic E-state index is 6.35. The summed E-state index contributed by atoms with van der Waals surface area (Å²) in [4.78, 5) is 0. The molecule has 0 N–H and O–H groups in total. The third-order valence-electron chi connectivity index (χ3n) is 6.28. The highest BCUT2D eigenvalue weighted by Crippen LogP contribution is 2.63. The zero-order valence-electron chi connectivity index (χ0n) is 13.0. The van der Waals surface area contributed by atoms with Crippen LogP contribution < -0.4 is 0 Å². The molecule has 4 unspecified atom stereocenters. The lowest BCUT2D eigenvalue weighted by Crippen LogP contribution is -2.52. The number of rotatable bonds is 7. The Kier molecular flexibility index (Phi) is 3.77. The van der Waals surface area contributed by atoms with E-state index in [2.05, 4.69) is 26.8 Å². The SMILES string of the molecule is CCCC(CC)COC(C)C12CC=C3C(CC3C1)C2. The molecule has 108 valence electrons. The molecule has 0 spiro atoms. The van der Waals surface area contributed by atoms with E-state index < -0.39 is 0 Å². The molecule has 0 aromatic heterocycles. The first kappa shape index (κ1) is 13.7. The second-order valence-electron chi connectivity index (χ2n) is 7.35. The van der Waals surface area contributed by atoms with Crippen molar-refractivity contribution in [3.05, 3.63) is 11.6 Å². The molecule has 0 saturated heterocycles. The van der Waals surface area contributed by atoms with E-state index in [0.29, 0.717) is 11.5 Å². The molecule has 0 heterocycles. The molecule has 19 heavy (non-hydrogen) atoms. The van der Waals surface area contributed by atoms with Gasteiger partial charge in [0.15, 0.2) is 0 Å². The lowest BCUT2D eigenvalue weighted by Gasteiger charge is -2.59. The minimum absolute atomic E-state index is 0.460. The Balaban J connectivity index is 1.56. The zero-order valence-corrected chi connectivity index (χ0v) is 13.0. The smallest absolute Gasteiger partial charge is 0.0606 e. The van der Waals surface area contributed by atoms with Crippen LogP contribution in [0.2, 0.25) is 0 Å². The van der Waals surface area contributed by atoms with Gasteiger partial charge < -0.3 is 4.74 Å². The standard InChI is InChI=1S/C18H30O/c1-4-6-14(5-2)12-19-13(3)18-8-7-17-15(10-18)9-16(17)11-18/h7,13-16H,4-6,8-12H2,1-3H3. The van der Waals surface area contributed by atoms with Crippen LogP contribution in [0.15, 0.2) is 11.6 Å². The number of allylic oxidation sites excluding steroid dienone is 2. The van der Waals surface area contributed by atoms with E-state index in [1.807, 2.05) is 5.57 Å². The Bertz CT molecular complexity index is 343. The van der Waals surface area contributed by atoms with Crippen LogP contribution in [0.3, 0.4) is 0 Å². The zero-order chi connectivity index (χ0) is 13.5. The van der Waals surface area contributed by atoms with Gasteiger partial charge in [-0.05, 0) is 56.8 Å². The van der Waals surface area contributed by atoms with E-state index >= 15 is 0 Å². The molecule has 0 aromatic rings. The molecule has 5 aliphatic carbocycles. The number of ether oxygens (including phenoxy) is 1. The van der Waals surface area contributed by atoms with Crippen molar-refractivity contribution in [2.24, 2.45) is 23.2 Å². The van der Waals surface area contributed by atoms with E-state index in [9.17, 15) is 0 Å². The van der Waals surface area contributed by atoms with Gasteiger partial charge in [0, 0.05) is 12.0 Å². The third kappa shape index (κ3) is 2.28. The van der Waals surface area contributed by atoms with E-state index in [4.69, 9.17) is 4.74 Å². The van der Waals surface area contributed by atoms with Crippen molar-refractivity contribution in [2.45, 2.75) is 71.8 Å². The summed E-state index contributed by atoms with van der Waals surface area (Å²) < 4.78 is 6.35. The lowest BCUT2D eigenvalue weighted by atomic mass is 9.46. The van der Waals surface area contributed by atoms with Crippen molar-refractivity contribution in [1.82, 2.24) is 0 Å². The van der Waals surface area contributed by atoms with Gasteiger partial charge in [0.1, 0.15) is 0 Å². The Morgan fingerprint density at radius 2 is 2.05 bits per heavy atom. The minimum atomic E-state index is 0.460. The van der Waals surface area contributed by atoms with Gasteiger partial charge in [-0.1, -0.05) is 38.3 Å². The van der Waals surface area contributed by atoms with Gasteiger partial charge in [0.2, 0.25) is 0 Å². The first-order chi connectivity index (χ1) is 9.18. The van der Waals surface area contributed by atoms with E-state index in [0.717, 1.165) is 24.4 Å². The molecule has 0 radical (unpaired) electrons. The molecule has 4 bridgehead atoms. The van der Waals surface area contributed by atoms with Crippen LogP contribution >= 0.6 is 0 Å². The number of fused-ring (bicyclic) bond motifs is 1. The van der Waals surface area contributed by atoms with Gasteiger partial charge in [0.25, 0.3) is 0 Å². The molecule has 5 rings (SSSR count). The van der Waals surface area contributed by atoms with Crippen molar-refractivity contribution < 1.29 is 4.74 Å². The maximum atomic E-state index is 6.35. The fourth-order valence-electron chi connectivity index (χ4n) is 4.85. The molecule has 1 heteroatoms. The molecule has 3 fully saturated rings. The second kappa shape index (κ2) is 5.24. The topological polar surface area (TPSA) is 9.23 Å². The molecule has 3 saturated carbocycles. The highest BCUT2D eigenvalue weighted by Gasteiger charge is 2.55. The molecule has 0 aliphatic heterocycles. The summed E-state index contributed by atoms with van der Waals surface area (Å²) in [7, 11) is 0. The summed E-state index contributed by atoms with van der Waals surface area (Å²) in [5, 5.41) is 0. The summed E-state index contributed by atoms with van der Waals surface area (Å²) >= 11 is 0. The van der Waals surface area contributed by atoms with Gasteiger partial charge in [-0.15, -0.1) is 0 Å². The van der Waals surface area contributed by atoms with Crippen LogP contribution in [0.25, 0.3) is 0 Å². The van der Waals surface area contributed by atoms with E-state index in [1.165, 1.54) is 44.9 Å². The van der Waals surface area contributed by atoms with Crippen molar-refractivity contribution in [3.8, 4) is 0 Å². The number of hydrogen-bond donors (Lipinski definition) is 0.